The number of aryl methyl sites for hydroxylation is 1. The predicted molar refractivity (Wildman–Crippen MR) is 159 cm³/mol. The number of hydrogen-bond acceptors (Lipinski definition) is 6. The van der Waals surface area contributed by atoms with Crippen molar-refractivity contribution in [1.29, 1.82) is 0 Å². The minimum absolute atomic E-state index is 0.0390. The van der Waals surface area contributed by atoms with Crippen molar-refractivity contribution < 1.29 is 19.4 Å². The Kier molecular flexibility index (Phi) is 9.01. The molecule has 2 aromatic carbocycles. The minimum atomic E-state index is -0.497. The van der Waals surface area contributed by atoms with E-state index in [4.69, 9.17) is 4.74 Å². The van der Waals surface area contributed by atoms with Crippen LogP contribution < -0.4 is 10.1 Å². The van der Waals surface area contributed by atoms with Crippen molar-refractivity contribution in [2.24, 2.45) is 11.8 Å². The molecule has 0 aliphatic heterocycles. The number of amides is 1. The summed E-state index contributed by atoms with van der Waals surface area (Å²) in [6, 6.07) is 14.2. The van der Waals surface area contributed by atoms with E-state index >= 15 is 0 Å². The fourth-order valence-electron chi connectivity index (χ4n) is 6.57. The molecule has 5 rings (SSSR count). The molecule has 4 unspecified atom stereocenters. The maximum Gasteiger partial charge on any atom is 0.223 e. The molecule has 40 heavy (non-hydrogen) atoms. The summed E-state index contributed by atoms with van der Waals surface area (Å²) < 4.78 is 5.43. The fraction of sp³-hybridized carbons (Fsp3) is 0.485. The van der Waals surface area contributed by atoms with Crippen LogP contribution in [-0.4, -0.2) is 35.0 Å². The summed E-state index contributed by atoms with van der Waals surface area (Å²) in [6.45, 7) is 3.57. The summed E-state index contributed by atoms with van der Waals surface area (Å²) in [5.74, 6) is 1.18. The van der Waals surface area contributed by atoms with E-state index in [1.54, 1.807) is 13.3 Å². The Morgan fingerprint density at radius 2 is 1.88 bits per heavy atom. The second kappa shape index (κ2) is 12.6. The van der Waals surface area contributed by atoms with Crippen LogP contribution in [0, 0.1) is 18.8 Å². The van der Waals surface area contributed by atoms with Gasteiger partial charge in [0.1, 0.15) is 5.75 Å². The number of nitrogens with zero attached hydrogens (tertiary/aromatic N) is 1. The molecule has 1 amide bonds. The van der Waals surface area contributed by atoms with Gasteiger partial charge >= 0.3 is 0 Å². The Bertz CT molecular complexity index is 1350. The van der Waals surface area contributed by atoms with Gasteiger partial charge in [0.05, 0.1) is 24.1 Å². The van der Waals surface area contributed by atoms with Gasteiger partial charge in [-0.25, -0.2) is 4.98 Å². The van der Waals surface area contributed by atoms with Crippen molar-refractivity contribution >= 4 is 23.0 Å². The SMILES string of the molecule is COc1ccc(C2CCC(C(NC(=O)C3CCCCC3)c3cccc(-c4cnc(C(C)=O)s4)c3)CC2O)cc1C. The summed E-state index contributed by atoms with van der Waals surface area (Å²) in [4.78, 5) is 30.5. The van der Waals surface area contributed by atoms with Crippen LogP contribution in [0.15, 0.2) is 48.7 Å². The van der Waals surface area contributed by atoms with Crippen LogP contribution >= 0.6 is 11.3 Å². The molecular formula is C33H40N2O4S. The van der Waals surface area contributed by atoms with Gasteiger partial charge in [-0.3, -0.25) is 9.59 Å². The Morgan fingerprint density at radius 1 is 1.07 bits per heavy atom. The number of Topliss-reactive ketones (excluding diaryl/α,β-unsaturated/α-hetero) is 1. The van der Waals surface area contributed by atoms with Crippen molar-refractivity contribution in [3.05, 3.63) is 70.4 Å². The van der Waals surface area contributed by atoms with Crippen LogP contribution in [-0.2, 0) is 4.79 Å². The molecule has 0 spiro atoms. The zero-order valence-electron chi connectivity index (χ0n) is 23.7. The first-order chi connectivity index (χ1) is 19.3. The first kappa shape index (κ1) is 28.5. The largest absolute Gasteiger partial charge is 0.496 e. The van der Waals surface area contributed by atoms with Crippen molar-refractivity contribution in [3.63, 3.8) is 0 Å². The Balaban J connectivity index is 1.40. The van der Waals surface area contributed by atoms with Gasteiger partial charge in [0.25, 0.3) is 0 Å². The molecular weight excluding hydrogens is 520 g/mol. The molecule has 2 saturated carbocycles. The van der Waals surface area contributed by atoms with E-state index in [-0.39, 0.29) is 35.5 Å². The second-order valence-corrected chi connectivity index (χ2v) is 12.5. The highest BCUT2D eigenvalue weighted by Gasteiger charge is 2.36. The minimum Gasteiger partial charge on any atom is -0.496 e. The van der Waals surface area contributed by atoms with E-state index in [0.717, 1.165) is 71.4 Å². The first-order valence-electron chi connectivity index (χ1n) is 14.5. The number of ketones is 1. The number of carbonyl (C=O) groups excluding carboxylic acids is 2. The molecule has 2 aliphatic rings. The van der Waals surface area contributed by atoms with E-state index in [1.807, 2.05) is 25.1 Å². The molecule has 3 aromatic rings. The Morgan fingerprint density at radius 3 is 2.55 bits per heavy atom. The maximum atomic E-state index is 13.5. The Hall–Kier alpha value is -3.03. The lowest BCUT2D eigenvalue weighted by Gasteiger charge is -2.38. The number of aliphatic hydroxyl groups excluding tert-OH is 1. The second-order valence-electron chi connectivity index (χ2n) is 11.5. The monoisotopic (exact) mass is 560 g/mol. The molecule has 0 saturated heterocycles. The quantitative estimate of drug-likeness (QED) is 0.289. The van der Waals surface area contributed by atoms with Crippen LogP contribution in [0.3, 0.4) is 0 Å². The van der Waals surface area contributed by atoms with E-state index in [1.165, 1.54) is 24.7 Å². The molecule has 2 fully saturated rings. The third kappa shape index (κ3) is 6.31. The standard InChI is InChI=1S/C33H40N2O4S/c1-20-16-23(13-15-29(20)39-3)27-14-12-26(18-28(27)37)31(35-32(38)22-8-5-4-6-9-22)25-11-7-10-24(17-25)30-19-34-33(40-30)21(2)36/h7,10-11,13,15-17,19,22,26-28,31,37H,4-6,8-9,12,14,18H2,1-3H3,(H,35,38). The molecule has 0 radical (unpaired) electrons. The molecule has 4 atom stereocenters. The molecule has 212 valence electrons. The van der Waals surface area contributed by atoms with Gasteiger partial charge in [0.15, 0.2) is 10.8 Å². The van der Waals surface area contributed by atoms with Gasteiger partial charge in [-0.05, 0) is 79.3 Å². The predicted octanol–water partition coefficient (Wildman–Crippen LogP) is 7.01. The topological polar surface area (TPSA) is 88.5 Å². The van der Waals surface area contributed by atoms with Gasteiger partial charge in [-0.2, -0.15) is 0 Å². The number of nitrogens with one attached hydrogen (secondary N) is 1. The third-order valence-electron chi connectivity index (χ3n) is 8.79. The normalized spacial score (nSPS) is 22.4. The summed E-state index contributed by atoms with van der Waals surface area (Å²) in [7, 11) is 1.68. The van der Waals surface area contributed by atoms with E-state index in [2.05, 4.69) is 34.6 Å². The Labute approximate surface area is 241 Å². The number of methoxy groups -OCH3 is 1. The lowest BCUT2D eigenvalue weighted by Crippen LogP contribution is -2.41. The number of benzene rings is 2. The maximum absolute atomic E-state index is 13.5. The van der Waals surface area contributed by atoms with Crippen LogP contribution in [0.4, 0.5) is 0 Å². The summed E-state index contributed by atoms with van der Waals surface area (Å²) in [5.41, 5.74) is 4.23. The zero-order valence-corrected chi connectivity index (χ0v) is 24.5. The lowest BCUT2D eigenvalue weighted by atomic mass is 9.72. The van der Waals surface area contributed by atoms with Crippen molar-refractivity contribution in [3.8, 4) is 16.2 Å². The first-order valence-corrected chi connectivity index (χ1v) is 15.4. The number of aromatic nitrogens is 1. The number of hydrogen-bond donors (Lipinski definition) is 2. The van der Waals surface area contributed by atoms with Crippen LogP contribution in [0.2, 0.25) is 0 Å². The lowest BCUT2D eigenvalue weighted by molar-refractivity contribution is -0.127. The third-order valence-corrected chi connectivity index (χ3v) is 9.93. The smallest absolute Gasteiger partial charge is 0.223 e. The number of thiazole rings is 1. The highest BCUT2D eigenvalue weighted by Crippen LogP contribution is 2.43. The fourth-order valence-corrected chi connectivity index (χ4v) is 7.37. The van der Waals surface area contributed by atoms with Gasteiger partial charge in [-0.15, -0.1) is 11.3 Å². The van der Waals surface area contributed by atoms with E-state index < -0.39 is 6.10 Å². The summed E-state index contributed by atoms with van der Waals surface area (Å²) >= 11 is 1.39. The van der Waals surface area contributed by atoms with Crippen LogP contribution in [0.1, 0.15) is 96.7 Å². The molecule has 7 heteroatoms. The average molecular weight is 561 g/mol. The molecule has 1 aromatic heterocycles. The van der Waals surface area contributed by atoms with Crippen molar-refractivity contribution in [1.82, 2.24) is 10.3 Å². The number of ether oxygens (including phenoxy) is 1. The molecule has 0 bridgehead atoms. The van der Waals surface area contributed by atoms with Gasteiger partial charge in [0.2, 0.25) is 5.91 Å². The van der Waals surface area contributed by atoms with Gasteiger partial charge < -0.3 is 15.2 Å². The van der Waals surface area contributed by atoms with Gasteiger partial charge in [0, 0.05) is 25.0 Å². The molecule has 2 aliphatic carbocycles. The highest BCUT2D eigenvalue weighted by molar-refractivity contribution is 7.17. The van der Waals surface area contributed by atoms with Crippen LogP contribution in [0.25, 0.3) is 10.4 Å². The van der Waals surface area contributed by atoms with Crippen molar-refractivity contribution in [2.45, 2.75) is 83.3 Å². The molecule has 6 nitrogen and oxygen atoms in total. The number of rotatable bonds is 8. The highest BCUT2D eigenvalue weighted by atomic mass is 32.1. The van der Waals surface area contributed by atoms with E-state index in [0.29, 0.717) is 11.4 Å². The van der Waals surface area contributed by atoms with Crippen LogP contribution in [0.5, 0.6) is 5.75 Å². The zero-order chi connectivity index (χ0) is 28.2. The van der Waals surface area contributed by atoms with Crippen molar-refractivity contribution in [2.75, 3.05) is 7.11 Å². The molecule has 1 heterocycles. The van der Waals surface area contributed by atoms with E-state index in [9.17, 15) is 14.7 Å². The number of aliphatic hydroxyl groups is 1. The summed E-state index contributed by atoms with van der Waals surface area (Å²) in [5, 5.41) is 15.3. The van der Waals surface area contributed by atoms with Gasteiger partial charge in [-0.1, -0.05) is 49.6 Å². The number of carbonyl (C=O) groups is 2. The molecule has 2 N–H and O–H groups in total. The average Bonchev–Trinajstić information content (AvgIpc) is 3.47. The summed E-state index contributed by atoms with van der Waals surface area (Å²) in [6.07, 6.45) is 8.92.